The number of nitrogens with one attached hydrogen (secondary N) is 1. The number of benzene rings is 1. The second-order valence-corrected chi connectivity index (χ2v) is 4.95. The number of amides is 1. The maximum absolute atomic E-state index is 11.8. The van der Waals surface area contributed by atoms with Crippen LogP contribution in [-0.2, 0) is 4.79 Å². The summed E-state index contributed by atoms with van der Waals surface area (Å²) in [5, 5.41) is 12.8. The number of carbonyl (C=O) groups excluding carboxylic acids is 1. The van der Waals surface area contributed by atoms with Gasteiger partial charge in [-0.3, -0.25) is 4.79 Å². The molecule has 2 N–H and O–H groups in total. The van der Waals surface area contributed by atoms with E-state index in [0.717, 1.165) is 11.3 Å². The van der Waals surface area contributed by atoms with Crippen molar-refractivity contribution in [3.8, 4) is 5.75 Å². The molecule has 4 heteroatoms. The molecule has 21 heavy (non-hydrogen) atoms. The third-order valence-electron chi connectivity index (χ3n) is 3.54. The Morgan fingerprint density at radius 1 is 1.29 bits per heavy atom. The van der Waals surface area contributed by atoms with Crippen molar-refractivity contribution < 1.29 is 14.6 Å². The van der Waals surface area contributed by atoms with E-state index in [0.29, 0.717) is 19.4 Å². The van der Waals surface area contributed by atoms with Crippen LogP contribution in [-0.4, -0.2) is 29.8 Å². The van der Waals surface area contributed by atoms with Crippen molar-refractivity contribution in [3.05, 3.63) is 35.9 Å². The zero-order valence-corrected chi connectivity index (χ0v) is 13.1. The molecule has 0 bridgehead atoms. The summed E-state index contributed by atoms with van der Waals surface area (Å²) in [5.74, 6) is 0.532. The van der Waals surface area contributed by atoms with E-state index in [1.807, 2.05) is 45.0 Å². The molecule has 1 rings (SSSR count). The second-order valence-electron chi connectivity index (χ2n) is 4.95. The maximum atomic E-state index is 11.8. The van der Waals surface area contributed by atoms with Gasteiger partial charge in [0.2, 0.25) is 5.91 Å². The second kappa shape index (κ2) is 8.47. The molecule has 0 saturated heterocycles. The summed E-state index contributed by atoms with van der Waals surface area (Å²) in [4.78, 5) is 11.8. The molecule has 0 aromatic heterocycles. The van der Waals surface area contributed by atoms with Crippen molar-refractivity contribution in [3.63, 3.8) is 0 Å². The number of para-hydroxylation sites is 1. The summed E-state index contributed by atoms with van der Waals surface area (Å²) >= 11 is 0. The molecule has 0 aliphatic carbocycles. The first kappa shape index (κ1) is 17.2. The molecular formula is C17H25NO3. The Balaban J connectivity index is 2.62. The van der Waals surface area contributed by atoms with Crippen LogP contribution in [0.3, 0.4) is 0 Å². The van der Waals surface area contributed by atoms with E-state index in [1.165, 1.54) is 6.08 Å². The fourth-order valence-corrected chi connectivity index (χ4v) is 1.88. The highest BCUT2D eigenvalue weighted by molar-refractivity contribution is 5.92. The Morgan fingerprint density at radius 3 is 2.57 bits per heavy atom. The molecule has 0 heterocycles. The van der Waals surface area contributed by atoms with Crippen molar-refractivity contribution in [1.29, 1.82) is 0 Å². The Labute approximate surface area is 126 Å². The van der Waals surface area contributed by atoms with Gasteiger partial charge in [-0.15, -0.1) is 0 Å². The average Bonchev–Trinajstić information content (AvgIpc) is 2.52. The highest BCUT2D eigenvalue weighted by Gasteiger charge is 2.22. The van der Waals surface area contributed by atoms with Gasteiger partial charge in [0.05, 0.1) is 12.2 Å². The third kappa shape index (κ3) is 5.60. The molecule has 116 valence electrons. The quantitative estimate of drug-likeness (QED) is 0.724. The van der Waals surface area contributed by atoms with Crippen LogP contribution in [0, 0.1) is 0 Å². The van der Waals surface area contributed by atoms with Crippen molar-refractivity contribution in [2.24, 2.45) is 0 Å². The topological polar surface area (TPSA) is 58.6 Å². The molecule has 0 spiro atoms. The van der Waals surface area contributed by atoms with Crippen LogP contribution in [0.15, 0.2) is 30.3 Å². The van der Waals surface area contributed by atoms with Crippen LogP contribution in [0.2, 0.25) is 0 Å². The monoisotopic (exact) mass is 291 g/mol. The van der Waals surface area contributed by atoms with E-state index in [9.17, 15) is 9.90 Å². The fourth-order valence-electron chi connectivity index (χ4n) is 1.88. The van der Waals surface area contributed by atoms with Crippen molar-refractivity contribution in [2.45, 2.75) is 39.2 Å². The van der Waals surface area contributed by atoms with E-state index in [2.05, 4.69) is 5.32 Å². The van der Waals surface area contributed by atoms with Crippen LogP contribution in [0.1, 0.15) is 39.2 Å². The summed E-state index contributed by atoms with van der Waals surface area (Å²) in [6.07, 6.45) is 4.40. The molecule has 4 nitrogen and oxygen atoms in total. The zero-order valence-electron chi connectivity index (χ0n) is 13.1. The molecule has 0 fully saturated rings. The van der Waals surface area contributed by atoms with Gasteiger partial charge in [0.15, 0.2) is 0 Å². The number of hydrogen-bond donors (Lipinski definition) is 2. The minimum atomic E-state index is -0.827. The molecule has 0 saturated carbocycles. The molecule has 1 aromatic carbocycles. The van der Waals surface area contributed by atoms with Crippen LogP contribution >= 0.6 is 0 Å². The number of ether oxygens (including phenoxy) is 1. The van der Waals surface area contributed by atoms with E-state index in [-0.39, 0.29) is 12.5 Å². The number of hydrogen-bond acceptors (Lipinski definition) is 3. The Morgan fingerprint density at radius 2 is 1.95 bits per heavy atom. The van der Waals surface area contributed by atoms with Crippen LogP contribution in [0.4, 0.5) is 0 Å². The molecule has 1 aromatic rings. The van der Waals surface area contributed by atoms with Gasteiger partial charge in [-0.1, -0.05) is 32.0 Å². The standard InChI is InChI=1S/C17H25NO3/c1-4-17(20,5-2)13-18-16(19)12-11-14-9-7-8-10-15(14)21-6-3/h7-12,20H,4-6,13H2,1-3H3,(H,18,19). The molecular weight excluding hydrogens is 266 g/mol. The van der Waals surface area contributed by atoms with E-state index in [4.69, 9.17) is 4.74 Å². The van der Waals surface area contributed by atoms with E-state index in [1.54, 1.807) is 6.08 Å². The lowest BCUT2D eigenvalue weighted by Crippen LogP contribution is -2.41. The largest absolute Gasteiger partial charge is 0.493 e. The van der Waals surface area contributed by atoms with Crippen molar-refractivity contribution in [2.75, 3.05) is 13.2 Å². The van der Waals surface area contributed by atoms with Gasteiger partial charge >= 0.3 is 0 Å². The molecule has 0 aliphatic heterocycles. The van der Waals surface area contributed by atoms with Gasteiger partial charge in [0.25, 0.3) is 0 Å². The zero-order chi connectivity index (χ0) is 15.7. The summed E-state index contributed by atoms with van der Waals surface area (Å²) in [6.45, 7) is 6.57. The van der Waals surface area contributed by atoms with Gasteiger partial charge < -0.3 is 15.2 Å². The number of rotatable bonds is 8. The molecule has 0 atom stereocenters. The van der Waals surface area contributed by atoms with Crippen LogP contribution < -0.4 is 10.1 Å². The first-order valence-electron chi connectivity index (χ1n) is 7.44. The number of aliphatic hydroxyl groups is 1. The van der Waals surface area contributed by atoms with E-state index >= 15 is 0 Å². The van der Waals surface area contributed by atoms with Gasteiger partial charge in [-0.05, 0) is 31.9 Å². The average molecular weight is 291 g/mol. The highest BCUT2D eigenvalue weighted by atomic mass is 16.5. The number of carbonyl (C=O) groups is 1. The summed E-state index contributed by atoms with van der Waals surface area (Å²) in [7, 11) is 0. The van der Waals surface area contributed by atoms with Gasteiger partial charge in [-0.25, -0.2) is 0 Å². The van der Waals surface area contributed by atoms with Crippen LogP contribution in [0.5, 0.6) is 5.75 Å². The van der Waals surface area contributed by atoms with Gasteiger partial charge in [0, 0.05) is 18.2 Å². The summed E-state index contributed by atoms with van der Waals surface area (Å²) < 4.78 is 5.50. The van der Waals surface area contributed by atoms with Gasteiger partial charge in [0.1, 0.15) is 5.75 Å². The predicted octanol–water partition coefficient (Wildman–Crippen LogP) is 2.77. The van der Waals surface area contributed by atoms with E-state index < -0.39 is 5.60 Å². The first-order chi connectivity index (χ1) is 10.0. The van der Waals surface area contributed by atoms with Crippen LogP contribution in [0.25, 0.3) is 6.08 Å². The minimum Gasteiger partial charge on any atom is -0.493 e. The summed E-state index contributed by atoms with van der Waals surface area (Å²) in [6, 6.07) is 7.55. The molecule has 0 radical (unpaired) electrons. The third-order valence-corrected chi connectivity index (χ3v) is 3.54. The minimum absolute atomic E-state index is 0.221. The Bertz CT molecular complexity index is 479. The predicted molar refractivity (Wildman–Crippen MR) is 85.2 cm³/mol. The SMILES string of the molecule is CCOc1ccccc1C=CC(=O)NCC(O)(CC)CC. The molecule has 1 amide bonds. The molecule has 0 unspecified atom stereocenters. The first-order valence-corrected chi connectivity index (χ1v) is 7.44. The lowest BCUT2D eigenvalue weighted by Gasteiger charge is -2.24. The highest BCUT2D eigenvalue weighted by Crippen LogP contribution is 2.19. The lowest BCUT2D eigenvalue weighted by molar-refractivity contribution is -0.117. The van der Waals surface area contributed by atoms with Crippen molar-refractivity contribution in [1.82, 2.24) is 5.32 Å². The normalized spacial score (nSPS) is 11.6. The van der Waals surface area contributed by atoms with Gasteiger partial charge in [-0.2, -0.15) is 0 Å². The maximum Gasteiger partial charge on any atom is 0.244 e. The lowest BCUT2D eigenvalue weighted by atomic mass is 9.98. The Hall–Kier alpha value is -1.81. The fraction of sp³-hybridized carbons (Fsp3) is 0.471. The Kier molecular flexibility index (Phi) is 6.96. The van der Waals surface area contributed by atoms with Crippen molar-refractivity contribution >= 4 is 12.0 Å². The molecule has 0 aliphatic rings. The summed E-state index contributed by atoms with van der Waals surface area (Å²) in [5.41, 5.74) is 0.0305. The smallest absolute Gasteiger partial charge is 0.244 e.